The lowest BCUT2D eigenvalue weighted by atomic mass is 10.0. The molecule has 0 unspecified atom stereocenters. The van der Waals surface area contributed by atoms with Gasteiger partial charge in [-0.2, -0.15) is 0 Å². The van der Waals surface area contributed by atoms with Gasteiger partial charge in [0.05, 0.1) is 0 Å². The van der Waals surface area contributed by atoms with Crippen LogP contribution in [0.4, 0.5) is 0 Å². The molecule has 0 atom stereocenters. The lowest BCUT2D eigenvalue weighted by molar-refractivity contribution is -0.104. The average molecular weight is 238 g/mol. The molecule has 0 fully saturated rings. The zero-order chi connectivity index (χ0) is 12.8. The van der Waals surface area contributed by atoms with Crippen molar-refractivity contribution >= 4 is 6.29 Å². The van der Waals surface area contributed by atoms with Gasteiger partial charge in [-0.3, -0.25) is 4.79 Å². The van der Waals surface area contributed by atoms with E-state index in [9.17, 15) is 4.79 Å². The van der Waals surface area contributed by atoms with Crippen LogP contribution < -0.4 is 0 Å². The summed E-state index contributed by atoms with van der Waals surface area (Å²) in [5.74, 6) is 0.870. The number of allylic oxidation sites excluding steroid dienone is 2. The molecule has 0 aliphatic carbocycles. The van der Waals surface area contributed by atoms with Gasteiger partial charge in [0.25, 0.3) is 0 Å². The molecule has 0 heterocycles. The van der Waals surface area contributed by atoms with Gasteiger partial charge in [-0.15, -0.1) is 0 Å². The summed E-state index contributed by atoms with van der Waals surface area (Å²) in [4.78, 5) is 10.0. The fourth-order valence-electron chi connectivity index (χ4n) is 2.03. The molecule has 0 aromatic heterocycles. The van der Waals surface area contributed by atoms with Crippen molar-refractivity contribution < 1.29 is 4.79 Å². The predicted octanol–water partition coefficient (Wildman–Crippen LogP) is 5.30. The van der Waals surface area contributed by atoms with E-state index in [1.54, 1.807) is 6.08 Å². The third-order valence-electron chi connectivity index (χ3n) is 3.12. The fraction of sp³-hybridized carbons (Fsp3) is 0.812. The molecule has 0 saturated carbocycles. The molecule has 1 heteroatoms. The summed E-state index contributed by atoms with van der Waals surface area (Å²) in [7, 11) is 0. The Hall–Kier alpha value is -0.590. The summed E-state index contributed by atoms with van der Waals surface area (Å²) in [5, 5.41) is 0. The van der Waals surface area contributed by atoms with E-state index in [0.29, 0.717) is 0 Å². The predicted molar refractivity (Wildman–Crippen MR) is 76.2 cm³/mol. The smallest absolute Gasteiger partial charge is 0.142 e. The molecule has 0 rings (SSSR count). The maximum Gasteiger partial charge on any atom is 0.142 e. The largest absolute Gasteiger partial charge is 0.299 e. The first-order valence-electron chi connectivity index (χ1n) is 7.37. The average Bonchev–Trinajstić information content (AvgIpc) is 2.30. The van der Waals surface area contributed by atoms with Crippen LogP contribution in [-0.2, 0) is 4.79 Å². The number of carbonyl (C=O) groups is 1. The Kier molecular flexibility index (Phi) is 13.0. The molecule has 0 radical (unpaired) electrons. The number of aldehydes is 1. The Morgan fingerprint density at radius 3 is 1.88 bits per heavy atom. The maximum atomic E-state index is 10.0. The lowest BCUT2D eigenvalue weighted by Gasteiger charge is -2.04. The zero-order valence-corrected chi connectivity index (χ0v) is 11.8. The summed E-state index contributed by atoms with van der Waals surface area (Å²) in [6.07, 6.45) is 17.8. The van der Waals surface area contributed by atoms with E-state index < -0.39 is 0 Å². The van der Waals surface area contributed by atoms with Crippen molar-refractivity contribution in [2.45, 2.75) is 78.1 Å². The van der Waals surface area contributed by atoms with Crippen molar-refractivity contribution in [1.82, 2.24) is 0 Å². The second kappa shape index (κ2) is 13.5. The van der Waals surface area contributed by atoms with Gasteiger partial charge in [0.1, 0.15) is 6.29 Å². The summed E-state index contributed by atoms with van der Waals surface area (Å²) >= 11 is 0. The SMILES string of the molecule is CC(C)CCCCCCCCCCC=CC=O. The Morgan fingerprint density at radius 1 is 0.824 bits per heavy atom. The Morgan fingerprint density at radius 2 is 1.35 bits per heavy atom. The molecule has 0 N–H and O–H groups in total. The quantitative estimate of drug-likeness (QED) is 0.256. The van der Waals surface area contributed by atoms with E-state index in [-0.39, 0.29) is 0 Å². The molecule has 0 bridgehead atoms. The molecule has 0 aliphatic rings. The first kappa shape index (κ1) is 16.4. The van der Waals surface area contributed by atoms with Gasteiger partial charge in [-0.05, 0) is 24.8 Å². The molecule has 0 aliphatic heterocycles. The maximum absolute atomic E-state index is 10.0. The van der Waals surface area contributed by atoms with E-state index >= 15 is 0 Å². The van der Waals surface area contributed by atoms with Crippen molar-refractivity contribution in [3.05, 3.63) is 12.2 Å². The van der Waals surface area contributed by atoms with Crippen LogP contribution in [0.25, 0.3) is 0 Å². The highest BCUT2D eigenvalue weighted by Crippen LogP contribution is 2.12. The molecule has 0 aromatic carbocycles. The zero-order valence-electron chi connectivity index (χ0n) is 11.8. The first-order chi connectivity index (χ1) is 8.27. The highest BCUT2D eigenvalue weighted by atomic mass is 16.1. The highest BCUT2D eigenvalue weighted by molar-refractivity contribution is 5.64. The van der Waals surface area contributed by atoms with E-state index in [4.69, 9.17) is 0 Å². The Labute approximate surface area is 108 Å². The number of rotatable bonds is 12. The minimum Gasteiger partial charge on any atom is -0.299 e. The molecule has 0 saturated heterocycles. The van der Waals surface area contributed by atoms with Crippen LogP contribution in [0.3, 0.4) is 0 Å². The van der Waals surface area contributed by atoms with Crippen molar-refractivity contribution in [2.75, 3.05) is 0 Å². The monoisotopic (exact) mass is 238 g/mol. The van der Waals surface area contributed by atoms with E-state index in [1.165, 1.54) is 57.8 Å². The van der Waals surface area contributed by atoms with Crippen LogP contribution in [-0.4, -0.2) is 6.29 Å². The number of hydrogen-bond acceptors (Lipinski definition) is 1. The van der Waals surface area contributed by atoms with Crippen LogP contribution in [0.2, 0.25) is 0 Å². The molecular formula is C16H30O. The van der Waals surface area contributed by atoms with Crippen molar-refractivity contribution in [2.24, 2.45) is 5.92 Å². The Bertz CT molecular complexity index is 182. The summed E-state index contributed by atoms with van der Waals surface area (Å²) in [6.45, 7) is 4.61. The van der Waals surface area contributed by atoms with E-state index in [0.717, 1.165) is 18.6 Å². The van der Waals surface area contributed by atoms with Crippen LogP contribution >= 0.6 is 0 Å². The summed E-state index contributed by atoms with van der Waals surface area (Å²) in [6, 6.07) is 0. The van der Waals surface area contributed by atoms with Crippen molar-refractivity contribution in [3.8, 4) is 0 Å². The summed E-state index contributed by atoms with van der Waals surface area (Å²) < 4.78 is 0. The van der Waals surface area contributed by atoms with Crippen molar-refractivity contribution in [3.63, 3.8) is 0 Å². The first-order valence-corrected chi connectivity index (χ1v) is 7.37. The van der Waals surface area contributed by atoms with Gasteiger partial charge >= 0.3 is 0 Å². The van der Waals surface area contributed by atoms with Crippen LogP contribution in [0.15, 0.2) is 12.2 Å². The topological polar surface area (TPSA) is 17.1 Å². The molecule has 100 valence electrons. The van der Waals surface area contributed by atoms with Gasteiger partial charge < -0.3 is 0 Å². The highest BCUT2D eigenvalue weighted by Gasteiger charge is 1.94. The van der Waals surface area contributed by atoms with Crippen LogP contribution in [0.1, 0.15) is 78.1 Å². The lowest BCUT2D eigenvalue weighted by Crippen LogP contribution is -1.87. The van der Waals surface area contributed by atoms with Gasteiger partial charge in [0, 0.05) is 0 Å². The molecule has 0 spiro atoms. The van der Waals surface area contributed by atoms with Gasteiger partial charge in [0.2, 0.25) is 0 Å². The number of unbranched alkanes of at least 4 members (excludes halogenated alkanes) is 8. The standard InChI is InChI=1S/C16H30O/c1-16(2)14-12-10-8-6-4-3-5-7-9-11-13-15-17/h11,13,15-16H,3-10,12,14H2,1-2H3. The molecule has 17 heavy (non-hydrogen) atoms. The summed E-state index contributed by atoms with van der Waals surface area (Å²) in [5.41, 5.74) is 0. The minimum atomic E-state index is 0.858. The molecule has 1 nitrogen and oxygen atoms in total. The second-order valence-electron chi connectivity index (χ2n) is 5.36. The van der Waals surface area contributed by atoms with Gasteiger partial charge in [-0.25, -0.2) is 0 Å². The van der Waals surface area contributed by atoms with Crippen LogP contribution in [0, 0.1) is 5.92 Å². The normalized spacial score (nSPS) is 11.5. The van der Waals surface area contributed by atoms with Gasteiger partial charge in [-0.1, -0.05) is 71.3 Å². The number of hydrogen-bond donors (Lipinski definition) is 0. The van der Waals surface area contributed by atoms with Crippen LogP contribution in [0.5, 0.6) is 0 Å². The second-order valence-corrected chi connectivity index (χ2v) is 5.36. The van der Waals surface area contributed by atoms with E-state index in [2.05, 4.69) is 13.8 Å². The third-order valence-corrected chi connectivity index (χ3v) is 3.12. The molecule has 0 aromatic rings. The Balaban J connectivity index is 2.98. The molecule has 0 amide bonds. The molecular weight excluding hydrogens is 208 g/mol. The van der Waals surface area contributed by atoms with Crippen molar-refractivity contribution in [1.29, 1.82) is 0 Å². The third kappa shape index (κ3) is 15.4. The van der Waals surface area contributed by atoms with E-state index in [1.807, 2.05) is 6.08 Å². The fourth-order valence-corrected chi connectivity index (χ4v) is 2.03. The number of carbonyl (C=O) groups excluding carboxylic acids is 1. The minimum absolute atomic E-state index is 0.858. The van der Waals surface area contributed by atoms with Gasteiger partial charge in [0.15, 0.2) is 0 Å².